The van der Waals surface area contributed by atoms with Crippen LogP contribution in [0.5, 0.6) is 0 Å². The number of benzene rings is 1. The summed E-state index contributed by atoms with van der Waals surface area (Å²) in [4.78, 5) is 18.9. The maximum atomic E-state index is 13.7. The van der Waals surface area contributed by atoms with Crippen LogP contribution in [0.2, 0.25) is 0 Å². The number of nitrogens with one attached hydrogen (secondary N) is 2. The largest absolute Gasteiger partial charge is 0.356 e. The Morgan fingerprint density at radius 3 is 2.44 bits per heavy atom. The molecule has 0 saturated carbocycles. The molecule has 0 saturated heterocycles. The van der Waals surface area contributed by atoms with E-state index >= 15 is 0 Å². The Balaban J connectivity index is 0.00000364. The molecule has 0 atom stereocenters. The third-order valence-electron chi connectivity index (χ3n) is 3.76. The Morgan fingerprint density at radius 2 is 1.81 bits per heavy atom. The molecule has 0 radical (unpaired) electrons. The number of carbonyl (C=O) groups is 1. The highest BCUT2D eigenvalue weighted by atomic mass is 127. The van der Waals surface area contributed by atoms with E-state index in [-0.39, 0.29) is 42.2 Å². The first-order valence-electron chi connectivity index (χ1n) is 8.54. The number of halogens is 2. The van der Waals surface area contributed by atoms with Crippen molar-refractivity contribution in [2.75, 3.05) is 33.7 Å². The number of guanidine groups is 1. The second-order valence-electron chi connectivity index (χ2n) is 5.98. The number of aliphatic imine (C=N–C) groups is 1. The highest BCUT2D eigenvalue weighted by molar-refractivity contribution is 14.0. The van der Waals surface area contributed by atoms with Crippen molar-refractivity contribution in [3.05, 3.63) is 58.0 Å². The minimum atomic E-state index is -0.207. The van der Waals surface area contributed by atoms with E-state index < -0.39 is 0 Å². The standard InChI is InChI=1S/C19H25FN4OS.HI/c1-24(2)18(25)14-23-19(22-12-10-16-7-5-13-26-16)21-11-9-15-6-3-4-8-17(15)20;/h3-8,13H,9-12,14H2,1-2H3,(H2,21,22,23);1H. The van der Waals surface area contributed by atoms with Gasteiger partial charge in [0.1, 0.15) is 12.4 Å². The molecule has 1 aromatic carbocycles. The van der Waals surface area contributed by atoms with E-state index in [1.807, 2.05) is 17.5 Å². The third-order valence-corrected chi connectivity index (χ3v) is 4.70. The maximum Gasteiger partial charge on any atom is 0.243 e. The lowest BCUT2D eigenvalue weighted by molar-refractivity contribution is -0.127. The van der Waals surface area contributed by atoms with E-state index in [1.165, 1.54) is 15.8 Å². The van der Waals surface area contributed by atoms with Crippen molar-refractivity contribution in [3.8, 4) is 0 Å². The Labute approximate surface area is 181 Å². The van der Waals surface area contributed by atoms with Gasteiger partial charge in [-0.05, 0) is 35.9 Å². The lowest BCUT2D eigenvalue weighted by Crippen LogP contribution is -2.40. The predicted octanol–water partition coefficient (Wildman–Crippen LogP) is 2.91. The summed E-state index contributed by atoms with van der Waals surface area (Å²) in [5, 5.41) is 8.46. The number of amides is 1. The van der Waals surface area contributed by atoms with Crippen LogP contribution in [-0.2, 0) is 17.6 Å². The number of rotatable bonds is 8. The van der Waals surface area contributed by atoms with Gasteiger partial charge in [0.05, 0.1) is 0 Å². The van der Waals surface area contributed by atoms with Gasteiger partial charge in [0.2, 0.25) is 5.91 Å². The van der Waals surface area contributed by atoms with Gasteiger partial charge in [-0.3, -0.25) is 4.79 Å². The molecule has 0 fully saturated rings. The first kappa shape index (κ1) is 23.4. The highest BCUT2D eigenvalue weighted by Gasteiger charge is 2.06. The summed E-state index contributed by atoms with van der Waals surface area (Å²) in [6.45, 7) is 1.31. The summed E-state index contributed by atoms with van der Waals surface area (Å²) in [5.74, 6) is 0.285. The Hall–Kier alpha value is -1.68. The normalized spacial score (nSPS) is 10.9. The molecule has 2 aromatic rings. The lowest BCUT2D eigenvalue weighted by atomic mass is 10.1. The zero-order valence-electron chi connectivity index (χ0n) is 15.6. The molecule has 5 nitrogen and oxygen atoms in total. The van der Waals surface area contributed by atoms with Crippen LogP contribution < -0.4 is 10.6 Å². The van der Waals surface area contributed by atoms with Gasteiger partial charge in [0, 0.05) is 32.1 Å². The monoisotopic (exact) mass is 504 g/mol. The molecule has 1 aromatic heterocycles. The first-order chi connectivity index (χ1) is 12.6. The van der Waals surface area contributed by atoms with Gasteiger partial charge in [-0.1, -0.05) is 24.3 Å². The van der Waals surface area contributed by atoms with Crippen molar-refractivity contribution in [2.24, 2.45) is 4.99 Å². The van der Waals surface area contributed by atoms with Crippen molar-refractivity contribution in [2.45, 2.75) is 12.8 Å². The maximum absolute atomic E-state index is 13.7. The van der Waals surface area contributed by atoms with Crippen LogP contribution in [0.4, 0.5) is 4.39 Å². The molecule has 0 bridgehead atoms. The van der Waals surface area contributed by atoms with Crippen LogP contribution in [0.25, 0.3) is 0 Å². The molecule has 1 amide bonds. The molecule has 0 aliphatic rings. The number of hydrogen-bond donors (Lipinski definition) is 2. The molecular formula is C19H26FIN4OS. The molecule has 148 valence electrons. The topological polar surface area (TPSA) is 56.7 Å². The van der Waals surface area contributed by atoms with Crippen molar-refractivity contribution in [1.29, 1.82) is 0 Å². The Kier molecular flexibility index (Phi) is 11.0. The van der Waals surface area contributed by atoms with Gasteiger partial charge in [0.15, 0.2) is 5.96 Å². The van der Waals surface area contributed by atoms with E-state index in [0.717, 1.165) is 6.42 Å². The van der Waals surface area contributed by atoms with Crippen LogP contribution >= 0.6 is 35.3 Å². The van der Waals surface area contributed by atoms with Crippen molar-refractivity contribution in [3.63, 3.8) is 0 Å². The number of likely N-dealkylation sites (N-methyl/N-ethyl adjacent to an activating group) is 1. The number of thiophene rings is 1. The van der Waals surface area contributed by atoms with E-state index in [1.54, 1.807) is 37.6 Å². The molecule has 0 aliphatic heterocycles. The second-order valence-corrected chi connectivity index (χ2v) is 7.01. The van der Waals surface area contributed by atoms with Crippen LogP contribution in [0, 0.1) is 5.82 Å². The molecule has 2 N–H and O–H groups in total. The van der Waals surface area contributed by atoms with E-state index in [9.17, 15) is 9.18 Å². The fourth-order valence-corrected chi connectivity index (χ4v) is 2.95. The smallest absolute Gasteiger partial charge is 0.243 e. The van der Waals surface area contributed by atoms with E-state index in [2.05, 4.69) is 21.7 Å². The number of carbonyl (C=O) groups excluding carboxylic acids is 1. The summed E-state index contributed by atoms with van der Waals surface area (Å²) >= 11 is 1.71. The summed E-state index contributed by atoms with van der Waals surface area (Å²) in [6.07, 6.45) is 1.42. The zero-order chi connectivity index (χ0) is 18.8. The molecular weight excluding hydrogens is 478 g/mol. The summed E-state index contributed by atoms with van der Waals surface area (Å²) in [6, 6.07) is 10.8. The van der Waals surface area contributed by atoms with E-state index in [0.29, 0.717) is 31.0 Å². The second kappa shape index (κ2) is 12.7. The Morgan fingerprint density at radius 1 is 1.11 bits per heavy atom. The molecule has 27 heavy (non-hydrogen) atoms. The lowest BCUT2D eigenvalue weighted by Gasteiger charge is -2.14. The molecule has 2 rings (SSSR count). The van der Waals surface area contributed by atoms with Crippen LogP contribution in [0.1, 0.15) is 10.4 Å². The minimum absolute atomic E-state index is 0. The summed E-state index contributed by atoms with van der Waals surface area (Å²) < 4.78 is 13.7. The average Bonchev–Trinajstić information content (AvgIpc) is 3.13. The Bertz CT molecular complexity index is 722. The molecule has 8 heteroatoms. The van der Waals surface area contributed by atoms with Gasteiger partial charge in [0.25, 0.3) is 0 Å². The summed E-state index contributed by atoms with van der Waals surface area (Å²) in [7, 11) is 3.40. The average molecular weight is 504 g/mol. The summed E-state index contributed by atoms with van der Waals surface area (Å²) in [5.41, 5.74) is 0.655. The van der Waals surface area contributed by atoms with Gasteiger partial charge in [-0.15, -0.1) is 35.3 Å². The van der Waals surface area contributed by atoms with Gasteiger partial charge in [-0.25, -0.2) is 9.38 Å². The number of hydrogen-bond acceptors (Lipinski definition) is 3. The van der Waals surface area contributed by atoms with Gasteiger partial charge < -0.3 is 15.5 Å². The number of nitrogens with zero attached hydrogens (tertiary/aromatic N) is 2. The van der Waals surface area contributed by atoms with Crippen molar-refractivity contribution in [1.82, 2.24) is 15.5 Å². The van der Waals surface area contributed by atoms with Gasteiger partial charge in [-0.2, -0.15) is 0 Å². The third kappa shape index (κ3) is 8.70. The van der Waals surface area contributed by atoms with Crippen LogP contribution in [0.3, 0.4) is 0 Å². The SMILES string of the molecule is CN(C)C(=O)CN=C(NCCc1cccs1)NCCc1ccccc1F.I. The zero-order valence-corrected chi connectivity index (χ0v) is 18.7. The van der Waals surface area contributed by atoms with Crippen LogP contribution in [0.15, 0.2) is 46.8 Å². The van der Waals surface area contributed by atoms with Crippen LogP contribution in [-0.4, -0.2) is 50.5 Å². The predicted molar refractivity (Wildman–Crippen MR) is 121 cm³/mol. The van der Waals surface area contributed by atoms with Crippen molar-refractivity contribution < 1.29 is 9.18 Å². The first-order valence-corrected chi connectivity index (χ1v) is 9.42. The van der Waals surface area contributed by atoms with Crippen molar-refractivity contribution >= 4 is 47.2 Å². The molecule has 0 spiro atoms. The fraction of sp³-hybridized carbons (Fsp3) is 0.368. The molecule has 1 heterocycles. The molecule has 0 aliphatic carbocycles. The quantitative estimate of drug-likeness (QED) is 0.330. The molecule has 0 unspecified atom stereocenters. The fourth-order valence-electron chi connectivity index (χ4n) is 2.24. The van der Waals surface area contributed by atoms with Gasteiger partial charge >= 0.3 is 0 Å². The minimum Gasteiger partial charge on any atom is -0.356 e. The van der Waals surface area contributed by atoms with E-state index in [4.69, 9.17) is 0 Å². The highest BCUT2D eigenvalue weighted by Crippen LogP contribution is 2.08.